The van der Waals surface area contributed by atoms with Gasteiger partial charge in [0.05, 0.1) is 17.3 Å². The van der Waals surface area contributed by atoms with Crippen LogP contribution in [0.1, 0.15) is 20.3 Å². The monoisotopic (exact) mass is 394 g/mol. The molecule has 2 aromatic carbocycles. The number of carbonyl (C=O) groups excluding carboxylic acids is 2. The molecule has 2 rings (SSSR count). The van der Waals surface area contributed by atoms with Gasteiger partial charge in [-0.15, -0.1) is 0 Å². The molecule has 0 aliphatic carbocycles. The summed E-state index contributed by atoms with van der Waals surface area (Å²) in [6.07, 6.45) is 0.121. The molecule has 2 amide bonds. The summed E-state index contributed by atoms with van der Waals surface area (Å²) in [6, 6.07) is 12.0. The fourth-order valence-corrected chi connectivity index (χ4v) is 2.71. The molecule has 0 unspecified atom stereocenters. The SMILES string of the molecule is CCOc1ccc(N(CCC(=O)Nc2cc(Cl)ccc2Cl)C(C)=O)cc1. The van der Waals surface area contributed by atoms with E-state index in [1.54, 1.807) is 42.5 Å². The zero-order chi connectivity index (χ0) is 19.1. The van der Waals surface area contributed by atoms with Crippen molar-refractivity contribution in [3.63, 3.8) is 0 Å². The largest absolute Gasteiger partial charge is 0.494 e. The third-order valence-corrected chi connectivity index (χ3v) is 4.17. The van der Waals surface area contributed by atoms with Crippen LogP contribution in [0.5, 0.6) is 5.75 Å². The number of anilines is 2. The molecule has 0 saturated carbocycles. The van der Waals surface area contributed by atoms with Crippen LogP contribution in [0, 0.1) is 0 Å². The molecule has 0 radical (unpaired) electrons. The number of nitrogens with one attached hydrogen (secondary N) is 1. The van der Waals surface area contributed by atoms with E-state index in [-0.39, 0.29) is 24.8 Å². The van der Waals surface area contributed by atoms with Gasteiger partial charge in [-0.1, -0.05) is 23.2 Å². The first-order valence-corrected chi connectivity index (χ1v) is 8.92. The molecule has 7 heteroatoms. The van der Waals surface area contributed by atoms with E-state index in [2.05, 4.69) is 5.32 Å². The van der Waals surface area contributed by atoms with Gasteiger partial charge >= 0.3 is 0 Å². The number of hydrogen-bond donors (Lipinski definition) is 1. The summed E-state index contributed by atoms with van der Waals surface area (Å²) in [4.78, 5) is 25.7. The molecule has 0 heterocycles. The maximum absolute atomic E-state index is 12.2. The highest BCUT2D eigenvalue weighted by molar-refractivity contribution is 6.35. The van der Waals surface area contributed by atoms with Crippen molar-refractivity contribution in [3.8, 4) is 5.75 Å². The Morgan fingerprint density at radius 1 is 1.12 bits per heavy atom. The summed E-state index contributed by atoms with van der Waals surface area (Å²) in [6.45, 7) is 4.18. The summed E-state index contributed by atoms with van der Waals surface area (Å²) in [5.41, 5.74) is 1.15. The highest BCUT2D eigenvalue weighted by Crippen LogP contribution is 2.25. The molecule has 0 bridgehead atoms. The van der Waals surface area contributed by atoms with Crippen LogP contribution >= 0.6 is 23.2 Å². The second-order valence-corrected chi connectivity index (χ2v) is 6.36. The van der Waals surface area contributed by atoms with Crippen LogP contribution in [0.3, 0.4) is 0 Å². The lowest BCUT2D eigenvalue weighted by Crippen LogP contribution is -2.31. The van der Waals surface area contributed by atoms with E-state index in [1.807, 2.05) is 6.92 Å². The predicted molar refractivity (Wildman–Crippen MR) is 105 cm³/mol. The van der Waals surface area contributed by atoms with Gasteiger partial charge in [0.15, 0.2) is 0 Å². The van der Waals surface area contributed by atoms with Crippen molar-refractivity contribution in [2.45, 2.75) is 20.3 Å². The Kier molecular flexibility index (Phi) is 7.30. The molecule has 0 aliphatic heterocycles. The van der Waals surface area contributed by atoms with Crippen LogP contribution < -0.4 is 15.0 Å². The molecule has 2 aromatic rings. The topological polar surface area (TPSA) is 58.6 Å². The molecule has 138 valence electrons. The lowest BCUT2D eigenvalue weighted by Gasteiger charge is -2.21. The maximum atomic E-state index is 12.2. The molecular weight excluding hydrogens is 375 g/mol. The van der Waals surface area contributed by atoms with E-state index < -0.39 is 0 Å². The molecule has 0 fully saturated rings. The number of ether oxygens (including phenoxy) is 1. The lowest BCUT2D eigenvalue weighted by molar-refractivity contribution is -0.117. The quantitative estimate of drug-likeness (QED) is 0.735. The standard InChI is InChI=1S/C19H20Cl2N2O3/c1-3-26-16-7-5-15(6-8-16)23(13(2)24)11-10-19(25)22-18-12-14(20)4-9-17(18)21/h4-9,12H,3,10-11H2,1-2H3,(H,22,25). The summed E-state index contributed by atoms with van der Waals surface area (Å²) >= 11 is 12.0. The van der Waals surface area contributed by atoms with Crippen LogP contribution in [-0.4, -0.2) is 25.0 Å². The number of nitrogens with zero attached hydrogens (tertiary/aromatic N) is 1. The van der Waals surface area contributed by atoms with Crippen molar-refractivity contribution < 1.29 is 14.3 Å². The van der Waals surface area contributed by atoms with Crippen LogP contribution in [0.2, 0.25) is 10.0 Å². The average molecular weight is 395 g/mol. The van der Waals surface area contributed by atoms with Gasteiger partial charge in [-0.05, 0) is 49.4 Å². The highest BCUT2D eigenvalue weighted by atomic mass is 35.5. The van der Waals surface area contributed by atoms with Crippen molar-refractivity contribution in [2.24, 2.45) is 0 Å². The highest BCUT2D eigenvalue weighted by Gasteiger charge is 2.14. The molecule has 0 spiro atoms. The van der Waals surface area contributed by atoms with Crippen LogP contribution in [0.15, 0.2) is 42.5 Å². The Morgan fingerprint density at radius 3 is 2.42 bits per heavy atom. The van der Waals surface area contributed by atoms with Gasteiger partial charge in [0.2, 0.25) is 11.8 Å². The van der Waals surface area contributed by atoms with Crippen LogP contribution in [0.4, 0.5) is 11.4 Å². The van der Waals surface area contributed by atoms with Crippen molar-refractivity contribution >= 4 is 46.4 Å². The number of halogens is 2. The van der Waals surface area contributed by atoms with E-state index in [1.165, 1.54) is 11.8 Å². The van der Waals surface area contributed by atoms with Crippen molar-refractivity contribution in [2.75, 3.05) is 23.4 Å². The first-order valence-electron chi connectivity index (χ1n) is 8.16. The lowest BCUT2D eigenvalue weighted by atomic mass is 10.2. The second-order valence-electron chi connectivity index (χ2n) is 5.52. The molecule has 0 saturated heterocycles. The molecule has 0 aliphatic rings. The van der Waals surface area contributed by atoms with Crippen LogP contribution in [0.25, 0.3) is 0 Å². The van der Waals surface area contributed by atoms with Gasteiger partial charge in [0.1, 0.15) is 5.75 Å². The normalized spacial score (nSPS) is 10.3. The minimum atomic E-state index is -0.258. The Labute approximate surface area is 162 Å². The van der Waals surface area contributed by atoms with Crippen LogP contribution in [-0.2, 0) is 9.59 Å². The van der Waals surface area contributed by atoms with E-state index in [4.69, 9.17) is 27.9 Å². The van der Waals surface area contributed by atoms with Gasteiger partial charge in [0, 0.05) is 30.6 Å². The van der Waals surface area contributed by atoms with Gasteiger partial charge < -0.3 is 15.0 Å². The van der Waals surface area contributed by atoms with E-state index in [0.717, 1.165) is 5.75 Å². The summed E-state index contributed by atoms with van der Waals surface area (Å²) in [5.74, 6) is 0.321. The zero-order valence-corrected chi connectivity index (χ0v) is 16.1. The van der Waals surface area contributed by atoms with Gasteiger partial charge in [-0.2, -0.15) is 0 Å². The Hall–Kier alpha value is -2.24. The Balaban J connectivity index is 2.00. The number of carbonyl (C=O) groups is 2. The second kappa shape index (κ2) is 9.46. The predicted octanol–water partition coefficient (Wildman–Crippen LogP) is 4.77. The molecule has 26 heavy (non-hydrogen) atoms. The third kappa shape index (κ3) is 5.64. The van der Waals surface area contributed by atoms with Gasteiger partial charge in [0.25, 0.3) is 0 Å². The minimum absolute atomic E-state index is 0.121. The minimum Gasteiger partial charge on any atom is -0.494 e. The number of amides is 2. The summed E-state index contributed by atoms with van der Waals surface area (Å²) in [7, 11) is 0. The van der Waals surface area contributed by atoms with Gasteiger partial charge in [-0.25, -0.2) is 0 Å². The molecule has 5 nitrogen and oxygen atoms in total. The van der Waals surface area contributed by atoms with Gasteiger partial charge in [-0.3, -0.25) is 9.59 Å². The van der Waals surface area contributed by atoms with Crippen molar-refractivity contribution in [3.05, 3.63) is 52.5 Å². The number of rotatable bonds is 7. The smallest absolute Gasteiger partial charge is 0.226 e. The molecule has 0 aromatic heterocycles. The summed E-state index contributed by atoms with van der Waals surface area (Å²) in [5, 5.41) is 3.59. The number of hydrogen-bond acceptors (Lipinski definition) is 3. The maximum Gasteiger partial charge on any atom is 0.226 e. The van der Waals surface area contributed by atoms with Crippen molar-refractivity contribution in [1.82, 2.24) is 0 Å². The number of benzene rings is 2. The average Bonchev–Trinajstić information content (AvgIpc) is 2.59. The third-order valence-electron chi connectivity index (χ3n) is 3.60. The Morgan fingerprint density at radius 2 is 1.81 bits per heavy atom. The van der Waals surface area contributed by atoms with Crippen molar-refractivity contribution in [1.29, 1.82) is 0 Å². The molecular formula is C19H20Cl2N2O3. The van der Waals surface area contributed by atoms with E-state index in [9.17, 15) is 9.59 Å². The first-order chi connectivity index (χ1) is 12.4. The fraction of sp³-hybridized carbons (Fsp3) is 0.263. The zero-order valence-electron chi connectivity index (χ0n) is 14.6. The van der Waals surface area contributed by atoms with E-state index >= 15 is 0 Å². The molecule has 1 N–H and O–H groups in total. The summed E-state index contributed by atoms with van der Waals surface area (Å²) < 4.78 is 5.40. The van der Waals surface area contributed by atoms with E-state index in [0.29, 0.717) is 28.0 Å². The first kappa shape index (κ1) is 20.1. The molecule has 0 atom stereocenters. The fourth-order valence-electron chi connectivity index (χ4n) is 2.38. The Bertz CT molecular complexity index is 779.